The van der Waals surface area contributed by atoms with E-state index in [9.17, 15) is 0 Å². The van der Waals surface area contributed by atoms with Gasteiger partial charge in [0.2, 0.25) is 0 Å². The van der Waals surface area contributed by atoms with Crippen LogP contribution in [0.1, 0.15) is 94.2 Å². The predicted octanol–water partition coefficient (Wildman–Crippen LogP) is 11.6. The molecule has 0 fully saturated rings. The average molecular weight is 715 g/mol. The fourth-order valence-corrected chi connectivity index (χ4v) is 14.3. The molecule has 2 rings (SSSR count). The lowest BCUT2D eigenvalue weighted by molar-refractivity contribution is 0.105. The van der Waals surface area contributed by atoms with Crippen LogP contribution in [0.2, 0.25) is 50.4 Å². The molecule has 47 heavy (non-hydrogen) atoms. The standard InChI is InChI=1S/C38H66O5Si4/c1-35(2,3)25-44(13)40-31-19-17-29(33(21-31)42-46(15)27-37(7,8)9)23-39-24-30-18-20-32(41-45(14)26-36(4,5)6)22-34(30)43-47(16)28-38(10,11)12/h17-22H,23-28H2,1-16H3. The Hall–Kier alpha value is -1.53. The minimum atomic E-state index is -1.06. The number of hydrogen-bond donors (Lipinski definition) is 0. The Kier molecular flexibility index (Phi) is 15.4. The quantitative estimate of drug-likeness (QED) is 0.162. The molecule has 0 saturated heterocycles. The first kappa shape index (κ1) is 41.6. The zero-order valence-electron chi connectivity index (χ0n) is 32.7. The molecule has 0 spiro atoms. The van der Waals surface area contributed by atoms with Crippen molar-refractivity contribution in [3.63, 3.8) is 0 Å². The average Bonchev–Trinajstić information content (AvgIpc) is 2.81. The normalized spacial score (nSPS) is 13.2. The summed E-state index contributed by atoms with van der Waals surface area (Å²) < 4.78 is 32.7. The second-order valence-electron chi connectivity index (χ2n) is 18.2. The molecule has 0 amide bonds. The van der Waals surface area contributed by atoms with Crippen molar-refractivity contribution in [2.24, 2.45) is 21.7 Å². The summed E-state index contributed by atoms with van der Waals surface area (Å²) in [4.78, 5) is 0. The third kappa shape index (κ3) is 18.2. The summed E-state index contributed by atoms with van der Waals surface area (Å²) in [7, 11) is -4.09. The molecule has 0 aliphatic carbocycles. The minimum Gasteiger partial charge on any atom is -0.542 e. The summed E-state index contributed by atoms with van der Waals surface area (Å²) >= 11 is 0. The summed E-state index contributed by atoms with van der Waals surface area (Å²) in [6, 6.07) is 16.8. The van der Waals surface area contributed by atoms with E-state index in [4.69, 9.17) is 22.4 Å². The van der Waals surface area contributed by atoms with E-state index in [1.54, 1.807) is 0 Å². The van der Waals surface area contributed by atoms with Crippen molar-refractivity contribution >= 4 is 36.2 Å². The molecule has 0 saturated carbocycles. The van der Waals surface area contributed by atoms with Crippen molar-refractivity contribution < 1.29 is 22.4 Å². The van der Waals surface area contributed by atoms with E-state index in [2.05, 4.69) is 146 Å². The van der Waals surface area contributed by atoms with E-state index in [0.29, 0.717) is 13.2 Å². The molecule has 9 heteroatoms. The van der Waals surface area contributed by atoms with Gasteiger partial charge in [0.1, 0.15) is 23.0 Å². The first-order chi connectivity index (χ1) is 21.4. The molecule has 0 bridgehead atoms. The van der Waals surface area contributed by atoms with Crippen molar-refractivity contribution in [1.82, 2.24) is 0 Å². The van der Waals surface area contributed by atoms with Crippen LogP contribution in [0.25, 0.3) is 0 Å². The molecule has 0 aromatic heterocycles. The lowest BCUT2D eigenvalue weighted by Crippen LogP contribution is -2.25. The Balaban J connectivity index is 2.28. The van der Waals surface area contributed by atoms with Gasteiger partial charge < -0.3 is 22.4 Å². The second-order valence-corrected chi connectivity index (χ2v) is 26.0. The highest BCUT2D eigenvalue weighted by molar-refractivity contribution is 6.52. The van der Waals surface area contributed by atoms with Gasteiger partial charge in [-0.1, -0.05) is 83.1 Å². The lowest BCUT2D eigenvalue weighted by atomic mass is 10.0. The molecule has 2 aromatic carbocycles. The molecule has 2 aromatic rings. The van der Waals surface area contributed by atoms with Gasteiger partial charge in [0.25, 0.3) is 36.2 Å². The van der Waals surface area contributed by atoms with Gasteiger partial charge in [0.15, 0.2) is 0 Å². The molecule has 5 nitrogen and oxygen atoms in total. The largest absolute Gasteiger partial charge is 0.542 e. The summed E-state index contributed by atoms with van der Waals surface area (Å²) in [6.07, 6.45) is 0. The molecule has 0 aliphatic rings. The van der Waals surface area contributed by atoms with E-state index in [0.717, 1.165) is 58.3 Å². The smallest absolute Gasteiger partial charge is 0.278 e. The van der Waals surface area contributed by atoms with Crippen LogP contribution in [-0.4, -0.2) is 36.2 Å². The Morgan fingerprint density at radius 1 is 0.426 bits per heavy atom. The van der Waals surface area contributed by atoms with Crippen LogP contribution >= 0.6 is 0 Å². The third-order valence-electron chi connectivity index (χ3n) is 6.86. The second kappa shape index (κ2) is 17.4. The molecule has 0 atom stereocenters. The molecular weight excluding hydrogens is 649 g/mol. The number of ether oxygens (including phenoxy) is 1. The fraction of sp³-hybridized carbons (Fsp3) is 0.684. The minimum absolute atomic E-state index is 0.214. The maximum atomic E-state index is 6.68. The van der Waals surface area contributed by atoms with Crippen LogP contribution in [0.4, 0.5) is 0 Å². The summed E-state index contributed by atoms with van der Waals surface area (Å²) in [5.74, 6) is 3.55. The monoisotopic (exact) mass is 714 g/mol. The summed E-state index contributed by atoms with van der Waals surface area (Å²) in [5.41, 5.74) is 3.01. The zero-order valence-corrected chi connectivity index (χ0v) is 36.7. The third-order valence-corrected chi connectivity index (χ3v) is 15.4. The van der Waals surface area contributed by atoms with Crippen LogP contribution in [0.5, 0.6) is 23.0 Å². The molecule has 0 aliphatic heterocycles. The van der Waals surface area contributed by atoms with Gasteiger partial charge in [-0.2, -0.15) is 0 Å². The predicted molar refractivity (Wildman–Crippen MR) is 207 cm³/mol. The topological polar surface area (TPSA) is 46.2 Å². The van der Waals surface area contributed by atoms with Crippen molar-refractivity contribution in [3.8, 4) is 23.0 Å². The molecule has 0 unspecified atom stereocenters. The first-order valence-electron chi connectivity index (χ1n) is 17.2. The van der Waals surface area contributed by atoms with Crippen molar-refractivity contribution in [2.75, 3.05) is 0 Å². The maximum absolute atomic E-state index is 6.68. The zero-order chi connectivity index (χ0) is 35.8. The highest BCUT2D eigenvalue weighted by Gasteiger charge is 2.25. The van der Waals surface area contributed by atoms with Crippen molar-refractivity contribution in [1.29, 1.82) is 0 Å². The van der Waals surface area contributed by atoms with Gasteiger partial charge in [-0.15, -0.1) is 0 Å². The van der Waals surface area contributed by atoms with Gasteiger partial charge >= 0.3 is 0 Å². The Morgan fingerprint density at radius 2 is 0.702 bits per heavy atom. The molecule has 0 N–H and O–H groups in total. The number of rotatable bonds is 16. The van der Waals surface area contributed by atoms with Crippen LogP contribution < -0.4 is 17.7 Å². The number of hydrogen-bond acceptors (Lipinski definition) is 5. The first-order valence-corrected chi connectivity index (χ1v) is 25.7. The van der Waals surface area contributed by atoms with Gasteiger partial charge in [-0.3, -0.25) is 0 Å². The van der Waals surface area contributed by atoms with Crippen LogP contribution in [0, 0.1) is 21.7 Å². The lowest BCUT2D eigenvalue weighted by Gasteiger charge is -2.25. The van der Waals surface area contributed by atoms with Crippen LogP contribution in [-0.2, 0) is 18.0 Å². The number of benzene rings is 2. The van der Waals surface area contributed by atoms with E-state index < -0.39 is 36.2 Å². The van der Waals surface area contributed by atoms with Gasteiger partial charge in [-0.05, 0) is 96.3 Å². The maximum Gasteiger partial charge on any atom is 0.278 e. The van der Waals surface area contributed by atoms with E-state index in [1.807, 2.05) is 0 Å². The highest BCUT2D eigenvalue weighted by atomic mass is 28.3. The van der Waals surface area contributed by atoms with E-state index >= 15 is 0 Å². The SMILES string of the molecule is C[Si](CC(C)(C)C)Oc1ccc(COCc2ccc(O[Si](C)CC(C)(C)C)cc2O[Si](C)CC(C)(C)C)c(O[Si](C)CC(C)(C)C)c1. The molecule has 0 heterocycles. The van der Waals surface area contributed by atoms with Crippen molar-refractivity contribution in [2.45, 2.75) is 147 Å². The molecule has 264 valence electrons. The van der Waals surface area contributed by atoms with Crippen molar-refractivity contribution in [3.05, 3.63) is 47.5 Å². The van der Waals surface area contributed by atoms with Gasteiger partial charge in [0.05, 0.1) is 13.2 Å². The Labute approximate surface area is 296 Å². The highest BCUT2D eigenvalue weighted by Crippen LogP contribution is 2.33. The summed E-state index contributed by atoms with van der Waals surface area (Å²) in [6.45, 7) is 37.2. The van der Waals surface area contributed by atoms with E-state index in [-0.39, 0.29) is 21.7 Å². The van der Waals surface area contributed by atoms with Crippen LogP contribution in [0.15, 0.2) is 36.4 Å². The van der Waals surface area contributed by atoms with E-state index in [1.165, 1.54) is 0 Å². The Morgan fingerprint density at radius 3 is 0.979 bits per heavy atom. The summed E-state index contributed by atoms with van der Waals surface area (Å²) in [5, 5.41) is 0. The Bertz CT molecular complexity index is 1150. The van der Waals surface area contributed by atoms with Gasteiger partial charge in [0, 0.05) is 23.3 Å². The van der Waals surface area contributed by atoms with Gasteiger partial charge in [-0.25, -0.2) is 0 Å². The molecule has 4 radical (unpaired) electrons. The molecular formula is C38H66O5Si4. The van der Waals surface area contributed by atoms with Crippen LogP contribution in [0.3, 0.4) is 0 Å². The fourth-order valence-electron chi connectivity index (χ4n) is 5.81.